The SMILES string of the molecule is CC1=CC(Cc2cc3ccccc3s2)N(C)C=C1. The Morgan fingerprint density at radius 1 is 1.28 bits per heavy atom. The molecule has 18 heavy (non-hydrogen) atoms. The number of rotatable bonds is 2. The molecule has 1 nitrogen and oxygen atoms in total. The van der Waals surface area contributed by atoms with Crippen molar-refractivity contribution in [3.05, 3.63) is 59.1 Å². The van der Waals surface area contributed by atoms with Crippen LogP contribution in [0.4, 0.5) is 0 Å². The van der Waals surface area contributed by atoms with Crippen LogP contribution in [0, 0.1) is 0 Å². The van der Waals surface area contributed by atoms with Gasteiger partial charge in [-0.15, -0.1) is 11.3 Å². The second kappa shape index (κ2) is 4.62. The second-order valence-corrected chi connectivity index (χ2v) is 6.08. The lowest BCUT2D eigenvalue weighted by atomic mass is 10.0. The Bertz CT molecular complexity index is 588. The summed E-state index contributed by atoms with van der Waals surface area (Å²) >= 11 is 1.91. The summed E-state index contributed by atoms with van der Waals surface area (Å²) in [4.78, 5) is 3.75. The number of benzene rings is 1. The highest BCUT2D eigenvalue weighted by Gasteiger charge is 2.14. The minimum Gasteiger partial charge on any atom is -0.374 e. The first-order valence-corrected chi connectivity index (χ1v) is 7.10. The van der Waals surface area contributed by atoms with Crippen LogP contribution in [0.1, 0.15) is 11.8 Å². The molecule has 0 saturated carbocycles. The first-order valence-electron chi connectivity index (χ1n) is 6.28. The average molecular weight is 255 g/mol. The lowest BCUT2D eigenvalue weighted by Gasteiger charge is -2.27. The summed E-state index contributed by atoms with van der Waals surface area (Å²) in [5.41, 5.74) is 1.36. The molecule has 1 aliphatic heterocycles. The van der Waals surface area contributed by atoms with E-state index in [9.17, 15) is 0 Å². The first kappa shape index (κ1) is 11.5. The Hall–Kier alpha value is -1.54. The maximum absolute atomic E-state index is 2.35. The van der Waals surface area contributed by atoms with Gasteiger partial charge >= 0.3 is 0 Å². The molecule has 2 aromatic rings. The van der Waals surface area contributed by atoms with Crippen molar-refractivity contribution in [2.75, 3.05) is 7.05 Å². The fraction of sp³-hybridized carbons (Fsp3) is 0.250. The van der Waals surface area contributed by atoms with Gasteiger partial charge in [0.15, 0.2) is 0 Å². The van der Waals surface area contributed by atoms with Crippen LogP contribution < -0.4 is 0 Å². The largest absolute Gasteiger partial charge is 0.374 e. The predicted octanol–water partition coefficient (Wildman–Crippen LogP) is 4.22. The summed E-state index contributed by atoms with van der Waals surface area (Å²) in [6.07, 6.45) is 7.79. The third-order valence-electron chi connectivity index (χ3n) is 3.44. The van der Waals surface area contributed by atoms with Crippen LogP contribution in [-0.2, 0) is 6.42 Å². The average Bonchev–Trinajstić information content (AvgIpc) is 2.76. The minimum absolute atomic E-state index is 0.489. The fourth-order valence-electron chi connectivity index (χ4n) is 2.37. The number of likely N-dealkylation sites (N-methyl/N-ethyl adjacent to an activating group) is 1. The number of hydrogen-bond donors (Lipinski definition) is 0. The number of thiophene rings is 1. The fourth-order valence-corrected chi connectivity index (χ4v) is 3.48. The van der Waals surface area contributed by atoms with Crippen LogP contribution in [0.5, 0.6) is 0 Å². The highest BCUT2D eigenvalue weighted by molar-refractivity contribution is 7.19. The van der Waals surface area contributed by atoms with E-state index in [1.54, 1.807) is 0 Å². The molecule has 0 spiro atoms. The van der Waals surface area contributed by atoms with Crippen LogP contribution in [0.3, 0.4) is 0 Å². The van der Waals surface area contributed by atoms with E-state index >= 15 is 0 Å². The van der Waals surface area contributed by atoms with Crippen molar-refractivity contribution in [3.63, 3.8) is 0 Å². The van der Waals surface area contributed by atoms with Crippen molar-refractivity contribution < 1.29 is 0 Å². The van der Waals surface area contributed by atoms with E-state index in [-0.39, 0.29) is 0 Å². The molecule has 2 heterocycles. The van der Waals surface area contributed by atoms with Crippen molar-refractivity contribution in [3.8, 4) is 0 Å². The van der Waals surface area contributed by atoms with Gasteiger partial charge in [0.2, 0.25) is 0 Å². The van der Waals surface area contributed by atoms with E-state index < -0.39 is 0 Å². The standard InChI is InChI=1S/C16H17NS/c1-12-7-8-17(2)14(9-12)11-15-10-13-5-3-4-6-16(13)18-15/h3-10,14H,11H2,1-2H3. The molecule has 3 rings (SSSR count). The van der Waals surface area contributed by atoms with E-state index in [4.69, 9.17) is 0 Å². The van der Waals surface area contributed by atoms with Gasteiger partial charge in [-0.25, -0.2) is 0 Å². The molecule has 1 atom stereocenters. The van der Waals surface area contributed by atoms with Gasteiger partial charge in [0.1, 0.15) is 0 Å². The molecule has 0 amide bonds. The van der Waals surface area contributed by atoms with E-state index in [1.807, 2.05) is 11.3 Å². The summed E-state index contributed by atoms with van der Waals surface area (Å²) in [6.45, 7) is 2.17. The third kappa shape index (κ3) is 2.21. The summed E-state index contributed by atoms with van der Waals surface area (Å²) in [7, 11) is 2.15. The minimum atomic E-state index is 0.489. The molecule has 0 bridgehead atoms. The van der Waals surface area contributed by atoms with Crippen molar-refractivity contribution in [1.29, 1.82) is 0 Å². The Morgan fingerprint density at radius 3 is 2.94 bits per heavy atom. The molecule has 0 aliphatic carbocycles. The highest BCUT2D eigenvalue weighted by Crippen LogP contribution is 2.27. The lowest BCUT2D eigenvalue weighted by molar-refractivity contribution is 0.377. The molecule has 1 aromatic heterocycles. The molecule has 0 saturated heterocycles. The summed E-state index contributed by atoms with van der Waals surface area (Å²) in [6, 6.07) is 11.4. The lowest BCUT2D eigenvalue weighted by Crippen LogP contribution is -2.29. The van der Waals surface area contributed by atoms with Crippen molar-refractivity contribution in [1.82, 2.24) is 4.90 Å². The molecule has 1 aliphatic rings. The van der Waals surface area contributed by atoms with Crippen molar-refractivity contribution in [2.24, 2.45) is 0 Å². The van der Waals surface area contributed by atoms with Gasteiger partial charge in [-0.3, -0.25) is 0 Å². The van der Waals surface area contributed by atoms with Gasteiger partial charge < -0.3 is 4.90 Å². The van der Waals surface area contributed by atoms with E-state index in [0.29, 0.717) is 6.04 Å². The predicted molar refractivity (Wildman–Crippen MR) is 80.0 cm³/mol. The Kier molecular flexibility index (Phi) is 2.96. The zero-order chi connectivity index (χ0) is 12.5. The van der Waals surface area contributed by atoms with Gasteiger partial charge in [0.05, 0.1) is 6.04 Å². The van der Waals surface area contributed by atoms with Gasteiger partial charge in [-0.1, -0.05) is 29.8 Å². The maximum Gasteiger partial charge on any atom is 0.0518 e. The van der Waals surface area contributed by atoms with Crippen LogP contribution >= 0.6 is 11.3 Å². The molecule has 0 radical (unpaired) electrons. The van der Waals surface area contributed by atoms with Crippen LogP contribution in [0.15, 0.2) is 54.3 Å². The van der Waals surface area contributed by atoms with Crippen LogP contribution in [0.25, 0.3) is 10.1 Å². The van der Waals surface area contributed by atoms with Crippen molar-refractivity contribution in [2.45, 2.75) is 19.4 Å². The number of fused-ring (bicyclic) bond motifs is 1. The Balaban J connectivity index is 1.86. The first-order chi connectivity index (χ1) is 8.72. The van der Waals surface area contributed by atoms with Crippen molar-refractivity contribution >= 4 is 21.4 Å². The Labute approximate surface area is 112 Å². The topological polar surface area (TPSA) is 3.24 Å². The van der Waals surface area contributed by atoms with Gasteiger partial charge in [0, 0.05) is 23.0 Å². The van der Waals surface area contributed by atoms with Crippen LogP contribution in [-0.4, -0.2) is 18.0 Å². The highest BCUT2D eigenvalue weighted by atomic mass is 32.1. The molecule has 2 heteroatoms. The van der Waals surface area contributed by atoms with E-state index in [0.717, 1.165) is 6.42 Å². The molecular weight excluding hydrogens is 238 g/mol. The normalized spacial score (nSPS) is 19.3. The van der Waals surface area contributed by atoms with Gasteiger partial charge in [-0.2, -0.15) is 0 Å². The monoisotopic (exact) mass is 255 g/mol. The van der Waals surface area contributed by atoms with Gasteiger partial charge in [-0.05, 0) is 36.7 Å². The third-order valence-corrected chi connectivity index (χ3v) is 4.58. The number of nitrogens with zero attached hydrogens (tertiary/aromatic N) is 1. The molecule has 0 N–H and O–H groups in total. The molecule has 92 valence electrons. The van der Waals surface area contributed by atoms with E-state index in [1.165, 1.54) is 20.5 Å². The quantitative estimate of drug-likeness (QED) is 0.776. The molecule has 1 aromatic carbocycles. The number of hydrogen-bond acceptors (Lipinski definition) is 2. The van der Waals surface area contributed by atoms with Gasteiger partial charge in [0.25, 0.3) is 0 Å². The molecule has 1 unspecified atom stereocenters. The smallest absolute Gasteiger partial charge is 0.0518 e. The summed E-state index contributed by atoms with van der Waals surface area (Å²) in [5, 5.41) is 1.37. The van der Waals surface area contributed by atoms with Crippen LogP contribution in [0.2, 0.25) is 0 Å². The summed E-state index contributed by atoms with van der Waals surface area (Å²) in [5.74, 6) is 0. The molecular formula is C16H17NS. The summed E-state index contributed by atoms with van der Waals surface area (Å²) < 4.78 is 1.39. The zero-order valence-electron chi connectivity index (χ0n) is 10.8. The number of allylic oxidation sites excluding steroid dienone is 2. The Morgan fingerprint density at radius 2 is 2.11 bits per heavy atom. The molecule has 0 fully saturated rings. The maximum atomic E-state index is 2.35. The zero-order valence-corrected chi connectivity index (χ0v) is 11.6. The van der Waals surface area contributed by atoms with E-state index in [2.05, 4.69) is 67.6 Å². The second-order valence-electron chi connectivity index (χ2n) is 4.91.